The molecule has 0 atom stereocenters. The summed E-state index contributed by atoms with van der Waals surface area (Å²) in [6.07, 6.45) is 3.42. The zero-order valence-electron chi connectivity index (χ0n) is 18.4. The van der Waals surface area contributed by atoms with Crippen molar-refractivity contribution in [2.45, 2.75) is 31.1 Å². The van der Waals surface area contributed by atoms with Crippen LogP contribution in [0.4, 0.5) is 5.69 Å². The molecule has 32 heavy (non-hydrogen) atoms. The highest BCUT2D eigenvalue weighted by molar-refractivity contribution is 6.30. The van der Waals surface area contributed by atoms with Gasteiger partial charge in [0.2, 0.25) is 0 Å². The quantitative estimate of drug-likeness (QED) is 0.614. The SMILES string of the molecule is COc1ccc(N2CCN(C(=O)COC(=O)C3(c4ccc(Cl)cc4)CCCC3)CC2)cc1. The number of carbonyl (C=O) groups is 2. The molecule has 170 valence electrons. The summed E-state index contributed by atoms with van der Waals surface area (Å²) >= 11 is 6.02. The van der Waals surface area contributed by atoms with E-state index in [-0.39, 0.29) is 18.5 Å². The van der Waals surface area contributed by atoms with E-state index in [1.165, 1.54) is 0 Å². The normalized spacial score (nSPS) is 17.8. The van der Waals surface area contributed by atoms with E-state index in [0.717, 1.165) is 55.8 Å². The molecule has 0 N–H and O–H groups in total. The molecule has 0 spiro atoms. The van der Waals surface area contributed by atoms with E-state index in [9.17, 15) is 9.59 Å². The summed E-state index contributed by atoms with van der Waals surface area (Å²) in [6, 6.07) is 15.3. The lowest BCUT2D eigenvalue weighted by molar-refractivity contribution is -0.157. The van der Waals surface area contributed by atoms with Gasteiger partial charge in [-0.25, -0.2) is 0 Å². The maximum absolute atomic E-state index is 13.1. The van der Waals surface area contributed by atoms with Crippen molar-refractivity contribution in [3.63, 3.8) is 0 Å². The van der Waals surface area contributed by atoms with Gasteiger partial charge in [0.15, 0.2) is 6.61 Å². The van der Waals surface area contributed by atoms with Gasteiger partial charge in [-0.1, -0.05) is 36.6 Å². The molecule has 2 aromatic carbocycles. The van der Waals surface area contributed by atoms with E-state index in [2.05, 4.69) is 4.90 Å². The van der Waals surface area contributed by atoms with Gasteiger partial charge in [-0.05, 0) is 54.8 Å². The lowest BCUT2D eigenvalue weighted by Gasteiger charge is -2.36. The van der Waals surface area contributed by atoms with Crippen molar-refractivity contribution in [3.05, 3.63) is 59.1 Å². The molecule has 0 unspecified atom stereocenters. The first-order chi connectivity index (χ1) is 15.5. The van der Waals surface area contributed by atoms with Crippen molar-refractivity contribution in [2.75, 3.05) is 44.8 Å². The summed E-state index contributed by atoms with van der Waals surface area (Å²) in [7, 11) is 1.65. The molecular weight excluding hydrogens is 428 g/mol. The number of halogens is 1. The molecule has 1 heterocycles. The minimum atomic E-state index is -0.669. The standard InChI is InChI=1S/C25H29ClN2O4/c1-31-22-10-8-21(9-11-22)27-14-16-28(17-15-27)23(29)18-32-24(30)25(12-2-3-13-25)19-4-6-20(26)7-5-19/h4-11H,2-3,12-18H2,1H3. The summed E-state index contributed by atoms with van der Waals surface area (Å²) in [6.45, 7) is 2.47. The Balaban J connectivity index is 1.31. The van der Waals surface area contributed by atoms with Crippen molar-refractivity contribution in [1.82, 2.24) is 4.90 Å². The number of methoxy groups -OCH3 is 1. The molecule has 7 heteroatoms. The molecular formula is C25H29ClN2O4. The van der Waals surface area contributed by atoms with E-state index >= 15 is 0 Å². The zero-order valence-corrected chi connectivity index (χ0v) is 19.1. The highest BCUT2D eigenvalue weighted by Gasteiger charge is 2.44. The predicted molar refractivity (Wildman–Crippen MR) is 124 cm³/mol. The molecule has 1 amide bonds. The van der Waals surface area contributed by atoms with Crippen LogP contribution in [-0.2, 0) is 19.7 Å². The van der Waals surface area contributed by atoms with Crippen LogP contribution in [0, 0.1) is 0 Å². The molecule has 2 aliphatic rings. The summed E-state index contributed by atoms with van der Waals surface area (Å²) < 4.78 is 10.8. The topological polar surface area (TPSA) is 59.1 Å². The van der Waals surface area contributed by atoms with Gasteiger partial charge in [0.25, 0.3) is 5.91 Å². The smallest absolute Gasteiger partial charge is 0.317 e. The fraction of sp³-hybridized carbons (Fsp3) is 0.440. The molecule has 0 radical (unpaired) electrons. The summed E-state index contributed by atoms with van der Waals surface area (Å²) in [5.41, 5.74) is 1.36. The number of anilines is 1. The van der Waals surface area contributed by atoms with E-state index in [1.807, 2.05) is 36.4 Å². The number of rotatable bonds is 6. The van der Waals surface area contributed by atoms with E-state index in [0.29, 0.717) is 18.1 Å². The van der Waals surface area contributed by atoms with Gasteiger partial charge >= 0.3 is 5.97 Å². The molecule has 6 nitrogen and oxygen atoms in total. The van der Waals surface area contributed by atoms with Crippen LogP contribution in [-0.4, -0.2) is 56.7 Å². The first-order valence-corrected chi connectivity index (χ1v) is 11.5. The van der Waals surface area contributed by atoms with Crippen LogP contribution in [0.1, 0.15) is 31.2 Å². The van der Waals surface area contributed by atoms with Crippen molar-refractivity contribution in [2.24, 2.45) is 0 Å². The van der Waals surface area contributed by atoms with E-state index in [4.69, 9.17) is 21.1 Å². The second-order valence-corrected chi connectivity index (χ2v) is 8.87. The molecule has 4 rings (SSSR count). The minimum Gasteiger partial charge on any atom is -0.497 e. The van der Waals surface area contributed by atoms with Crippen molar-refractivity contribution < 1.29 is 19.1 Å². The number of piperazine rings is 1. The van der Waals surface area contributed by atoms with Gasteiger partial charge < -0.3 is 19.3 Å². The van der Waals surface area contributed by atoms with Gasteiger partial charge in [-0.15, -0.1) is 0 Å². The van der Waals surface area contributed by atoms with E-state index in [1.54, 1.807) is 24.1 Å². The Hall–Kier alpha value is -2.73. The number of hydrogen-bond donors (Lipinski definition) is 0. The van der Waals surface area contributed by atoms with Crippen molar-refractivity contribution >= 4 is 29.2 Å². The van der Waals surface area contributed by atoms with Crippen LogP contribution in [0.5, 0.6) is 5.75 Å². The number of nitrogens with zero attached hydrogens (tertiary/aromatic N) is 2. The fourth-order valence-corrected chi connectivity index (χ4v) is 4.85. The molecule has 1 aliphatic heterocycles. The van der Waals surface area contributed by atoms with Gasteiger partial charge in [0, 0.05) is 36.9 Å². The lowest BCUT2D eigenvalue weighted by Crippen LogP contribution is -2.50. The molecule has 1 saturated heterocycles. The van der Waals surface area contributed by atoms with Crippen LogP contribution in [0.15, 0.2) is 48.5 Å². The summed E-state index contributed by atoms with van der Waals surface area (Å²) in [5.74, 6) is 0.377. The third kappa shape index (κ3) is 4.70. The molecule has 1 saturated carbocycles. The third-order valence-corrected chi connectivity index (χ3v) is 6.89. The number of benzene rings is 2. The molecule has 2 fully saturated rings. The first-order valence-electron chi connectivity index (χ1n) is 11.1. The number of ether oxygens (including phenoxy) is 2. The monoisotopic (exact) mass is 456 g/mol. The van der Waals surface area contributed by atoms with Crippen LogP contribution in [0.25, 0.3) is 0 Å². The lowest BCUT2D eigenvalue weighted by atomic mass is 9.79. The number of amides is 1. The minimum absolute atomic E-state index is 0.142. The summed E-state index contributed by atoms with van der Waals surface area (Å²) in [4.78, 5) is 29.8. The van der Waals surface area contributed by atoms with Gasteiger partial charge in [0.1, 0.15) is 5.75 Å². The Morgan fingerprint density at radius 1 is 0.938 bits per heavy atom. The number of esters is 1. The maximum Gasteiger partial charge on any atom is 0.317 e. The molecule has 1 aliphatic carbocycles. The van der Waals surface area contributed by atoms with Crippen molar-refractivity contribution in [3.8, 4) is 5.75 Å². The highest BCUT2D eigenvalue weighted by Crippen LogP contribution is 2.42. The highest BCUT2D eigenvalue weighted by atomic mass is 35.5. The Bertz CT molecular complexity index is 931. The Kier molecular flexibility index (Phi) is 6.89. The predicted octanol–water partition coefficient (Wildman–Crippen LogP) is 4.05. The Morgan fingerprint density at radius 2 is 1.56 bits per heavy atom. The average molecular weight is 457 g/mol. The number of hydrogen-bond acceptors (Lipinski definition) is 5. The van der Waals surface area contributed by atoms with E-state index < -0.39 is 5.41 Å². The first kappa shape index (κ1) is 22.5. The molecule has 0 bridgehead atoms. The average Bonchev–Trinajstić information content (AvgIpc) is 3.34. The second-order valence-electron chi connectivity index (χ2n) is 8.44. The summed E-state index contributed by atoms with van der Waals surface area (Å²) in [5, 5.41) is 0.638. The fourth-order valence-electron chi connectivity index (χ4n) is 4.72. The van der Waals surface area contributed by atoms with Gasteiger partial charge in [-0.2, -0.15) is 0 Å². The van der Waals surface area contributed by atoms with Crippen LogP contribution in [0.2, 0.25) is 5.02 Å². The Labute approximate surface area is 194 Å². The largest absolute Gasteiger partial charge is 0.497 e. The Morgan fingerprint density at radius 3 is 2.16 bits per heavy atom. The van der Waals surface area contributed by atoms with Gasteiger partial charge in [0.05, 0.1) is 12.5 Å². The van der Waals surface area contributed by atoms with Crippen LogP contribution < -0.4 is 9.64 Å². The van der Waals surface area contributed by atoms with Gasteiger partial charge in [-0.3, -0.25) is 9.59 Å². The van der Waals surface area contributed by atoms with Crippen LogP contribution >= 0.6 is 11.6 Å². The molecule has 0 aromatic heterocycles. The molecule has 2 aromatic rings. The van der Waals surface area contributed by atoms with Crippen LogP contribution in [0.3, 0.4) is 0 Å². The zero-order chi connectivity index (χ0) is 22.6. The second kappa shape index (κ2) is 9.82. The third-order valence-electron chi connectivity index (χ3n) is 6.64. The maximum atomic E-state index is 13.1. The number of carbonyl (C=O) groups excluding carboxylic acids is 2. The van der Waals surface area contributed by atoms with Crippen molar-refractivity contribution in [1.29, 1.82) is 0 Å².